The van der Waals surface area contributed by atoms with Gasteiger partial charge in [-0.25, -0.2) is 4.39 Å². The van der Waals surface area contributed by atoms with Crippen molar-refractivity contribution < 1.29 is 24.0 Å². The second-order valence-corrected chi connectivity index (χ2v) is 9.25. The number of amides is 1. The van der Waals surface area contributed by atoms with Crippen molar-refractivity contribution in [2.45, 2.75) is 19.3 Å². The van der Waals surface area contributed by atoms with Gasteiger partial charge in [-0.05, 0) is 61.1 Å². The van der Waals surface area contributed by atoms with Crippen molar-refractivity contribution >= 4 is 17.6 Å². The number of halogens is 1. The van der Waals surface area contributed by atoms with E-state index in [1.165, 1.54) is 17.0 Å². The number of carboxylic acids is 1. The van der Waals surface area contributed by atoms with Crippen molar-refractivity contribution in [1.29, 1.82) is 0 Å². The van der Waals surface area contributed by atoms with Gasteiger partial charge in [0.05, 0.1) is 32.7 Å². The number of anilines is 1. The summed E-state index contributed by atoms with van der Waals surface area (Å²) < 4.78 is 13.2. The van der Waals surface area contributed by atoms with Crippen LogP contribution in [0.2, 0.25) is 0 Å². The van der Waals surface area contributed by atoms with Gasteiger partial charge in [0.15, 0.2) is 0 Å². The van der Waals surface area contributed by atoms with Crippen molar-refractivity contribution in [2.75, 3.05) is 50.7 Å². The second-order valence-electron chi connectivity index (χ2n) is 9.25. The van der Waals surface area contributed by atoms with Crippen LogP contribution in [-0.4, -0.2) is 62.6 Å². The average molecular weight is 454 g/mol. The molecule has 0 unspecified atom stereocenters. The first-order chi connectivity index (χ1) is 16.0. The van der Waals surface area contributed by atoms with Crippen molar-refractivity contribution in [2.24, 2.45) is 11.8 Å². The number of benzene rings is 2. The molecular weight excluding hydrogens is 421 g/mol. The number of piperidine rings is 1. The molecule has 0 spiro atoms. The quantitative estimate of drug-likeness (QED) is 0.675. The molecular formula is C26H32FN3O3. The van der Waals surface area contributed by atoms with Gasteiger partial charge in [-0.15, -0.1) is 0 Å². The van der Waals surface area contributed by atoms with Crippen LogP contribution in [0.1, 0.15) is 29.6 Å². The number of piperazine rings is 1. The molecule has 2 saturated heterocycles. The number of hydrogen-bond donors (Lipinski definition) is 1. The predicted molar refractivity (Wildman–Crippen MR) is 122 cm³/mol. The molecule has 1 amide bonds. The van der Waals surface area contributed by atoms with Crippen molar-refractivity contribution in [1.82, 2.24) is 4.90 Å². The highest BCUT2D eigenvalue weighted by Crippen LogP contribution is 2.29. The molecule has 0 bridgehead atoms. The third-order valence-corrected chi connectivity index (χ3v) is 7.16. The van der Waals surface area contributed by atoms with Gasteiger partial charge in [0, 0.05) is 36.7 Å². The fourth-order valence-corrected chi connectivity index (χ4v) is 5.21. The average Bonchev–Trinajstić information content (AvgIpc) is 2.84. The summed E-state index contributed by atoms with van der Waals surface area (Å²) >= 11 is 0. The first-order valence-corrected chi connectivity index (χ1v) is 11.9. The maximum atomic E-state index is 13.2. The van der Waals surface area contributed by atoms with E-state index < -0.39 is 5.97 Å². The number of carbonyl (C=O) groups excluding carboxylic acids is 2. The van der Waals surface area contributed by atoms with Crippen molar-refractivity contribution in [3.8, 4) is 0 Å². The minimum absolute atomic E-state index is 0.0211. The van der Waals surface area contributed by atoms with Crippen LogP contribution in [0, 0.1) is 17.7 Å². The Kier molecular flexibility index (Phi) is 7.60. The van der Waals surface area contributed by atoms with E-state index >= 15 is 0 Å². The molecule has 2 heterocycles. The molecule has 176 valence electrons. The molecule has 4 rings (SSSR count). The number of quaternary nitrogens is 1. The zero-order chi connectivity index (χ0) is 23.2. The summed E-state index contributed by atoms with van der Waals surface area (Å²) in [6, 6.07) is 15.9. The van der Waals surface area contributed by atoms with Crippen LogP contribution in [-0.2, 0) is 4.79 Å². The number of carbonyl (C=O) groups is 2. The Balaban J connectivity index is 1.32. The topological polar surface area (TPSA) is 68.1 Å². The van der Waals surface area contributed by atoms with Crippen molar-refractivity contribution in [3.05, 3.63) is 66.0 Å². The summed E-state index contributed by atoms with van der Waals surface area (Å²) in [5, 5.41) is 11.3. The minimum Gasteiger partial charge on any atom is -0.550 e. The second kappa shape index (κ2) is 10.8. The molecule has 2 aliphatic rings. The van der Waals surface area contributed by atoms with Crippen LogP contribution in [0.3, 0.4) is 0 Å². The van der Waals surface area contributed by atoms with E-state index in [1.54, 1.807) is 0 Å². The smallest absolute Gasteiger partial charge is 0.253 e. The lowest BCUT2D eigenvalue weighted by Gasteiger charge is -2.40. The van der Waals surface area contributed by atoms with Gasteiger partial charge in [0.1, 0.15) is 5.82 Å². The largest absolute Gasteiger partial charge is 0.550 e. The monoisotopic (exact) mass is 453 g/mol. The van der Waals surface area contributed by atoms with E-state index in [2.05, 4.69) is 4.90 Å². The molecule has 2 atom stereocenters. The van der Waals surface area contributed by atoms with Crippen LogP contribution < -0.4 is 14.9 Å². The van der Waals surface area contributed by atoms with E-state index in [0.29, 0.717) is 25.1 Å². The third kappa shape index (κ3) is 6.11. The number of rotatable bonds is 7. The number of aliphatic carboxylic acids is 1. The van der Waals surface area contributed by atoms with Gasteiger partial charge in [-0.2, -0.15) is 0 Å². The van der Waals surface area contributed by atoms with Crippen LogP contribution in [0.25, 0.3) is 0 Å². The molecule has 2 aromatic carbocycles. The highest BCUT2D eigenvalue weighted by atomic mass is 19.1. The summed E-state index contributed by atoms with van der Waals surface area (Å²) in [4.78, 5) is 29.9. The molecule has 6 nitrogen and oxygen atoms in total. The van der Waals surface area contributed by atoms with Gasteiger partial charge >= 0.3 is 0 Å². The zero-order valence-corrected chi connectivity index (χ0v) is 18.9. The summed E-state index contributed by atoms with van der Waals surface area (Å²) in [5.74, 6) is -0.996. The van der Waals surface area contributed by atoms with Gasteiger partial charge in [-0.3, -0.25) is 4.79 Å². The third-order valence-electron chi connectivity index (χ3n) is 7.16. The normalized spacial score (nSPS) is 21.7. The maximum Gasteiger partial charge on any atom is 0.253 e. The lowest BCUT2D eigenvalue weighted by atomic mass is 9.81. The molecule has 0 aromatic heterocycles. The molecule has 0 radical (unpaired) electrons. The van der Waals surface area contributed by atoms with Gasteiger partial charge in [0.25, 0.3) is 5.91 Å². The van der Waals surface area contributed by atoms with E-state index in [0.717, 1.165) is 44.8 Å². The fourth-order valence-electron chi connectivity index (χ4n) is 5.21. The van der Waals surface area contributed by atoms with Crippen LogP contribution in [0.15, 0.2) is 54.6 Å². The lowest BCUT2D eigenvalue weighted by molar-refractivity contribution is -0.901. The van der Waals surface area contributed by atoms with Crippen LogP contribution in [0.5, 0.6) is 0 Å². The van der Waals surface area contributed by atoms with Gasteiger partial charge in [0.2, 0.25) is 0 Å². The molecule has 2 aromatic rings. The first-order valence-electron chi connectivity index (χ1n) is 11.9. The molecule has 2 aliphatic heterocycles. The van der Waals surface area contributed by atoms with E-state index in [-0.39, 0.29) is 30.0 Å². The standard InChI is InChI=1S/C26H32FN3O3/c27-23-6-8-24(9-7-23)29-16-14-28(15-17-29)12-10-22-19-30(13-11-21(22)18-25(31)32)26(33)20-4-2-1-3-5-20/h1-9,21-22H,10-19H2,(H,31,32)/t21-,22-/m0/s1. The number of carboxylic acid groups (broad SMARTS) is 1. The SMILES string of the molecule is O=C([O-])C[C@@H]1CCN(C(=O)c2ccccc2)C[C@@H]1CC[NH+]1CCN(c2ccc(F)cc2)CC1. The molecule has 1 N–H and O–H groups in total. The van der Waals surface area contributed by atoms with E-state index in [4.69, 9.17) is 0 Å². The predicted octanol–water partition coefficient (Wildman–Crippen LogP) is 0.839. The Morgan fingerprint density at radius 3 is 2.33 bits per heavy atom. The van der Waals surface area contributed by atoms with Crippen LogP contribution >= 0.6 is 0 Å². The summed E-state index contributed by atoms with van der Waals surface area (Å²) in [6.45, 7) is 5.94. The lowest BCUT2D eigenvalue weighted by Crippen LogP contribution is -3.15. The molecule has 7 heteroatoms. The van der Waals surface area contributed by atoms with E-state index in [9.17, 15) is 19.1 Å². The first kappa shape index (κ1) is 23.2. The zero-order valence-electron chi connectivity index (χ0n) is 18.9. The molecule has 2 fully saturated rings. The summed E-state index contributed by atoms with van der Waals surface area (Å²) in [7, 11) is 0. The van der Waals surface area contributed by atoms with Gasteiger partial charge in [-0.1, -0.05) is 18.2 Å². The maximum absolute atomic E-state index is 13.2. The Labute approximate surface area is 194 Å². The Morgan fingerprint density at radius 1 is 0.970 bits per heavy atom. The van der Waals surface area contributed by atoms with Crippen LogP contribution in [0.4, 0.5) is 10.1 Å². The highest BCUT2D eigenvalue weighted by Gasteiger charge is 2.33. The van der Waals surface area contributed by atoms with Gasteiger partial charge < -0.3 is 24.6 Å². The Morgan fingerprint density at radius 2 is 1.67 bits per heavy atom. The number of nitrogens with one attached hydrogen (secondary N) is 1. The molecule has 0 saturated carbocycles. The number of hydrogen-bond acceptors (Lipinski definition) is 4. The Hall–Kier alpha value is -2.93. The number of nitrogens with zero attached hydrogens (tertiary/aromatic N) is 2. The number of likely N-dealkylation sites (tertiary alicyclic amines) is 1. The van der Waals surface area contributed by atoms with Crippen molar-refractivity contribution in [3.63, 3.8) is 0 Å². The van der Waals surface area contributed by atoms with E-state index in [1.807, 2.05) is 47.4 Å². The minimum atomic E-state index is -1.01. The summed E-state index contributed by atoms with van der Waals surface area (Å²) in [5.41, 5.74) is 1.73. The summed E-state index contributed by atoms with van der Waals surface area (Å²) in [6.07, 6.45) is 1.65. The Bertz CT molecular complexity index is 930. The molecule has 33 heavy (non-hydrogen) atoms. The highest BCUT2D eigenvalue weighted by molar-refractivity contribution is 5.94. The fraction of sp³-hybridized carbons (Fsp3) is 0.462. The molecule has 0 aliphatic carbocycles.